The third-order valence-corrected chi connectivity index (χ3v) is 9.74. The maximum absolute atomic E-state index is 13.1. The van der Waals surface area contributed by atoms with E-state index in [1.165, 1.54) is 0 Å². The van der Waals surface area contributed by atoms with Crippen LogP contribution in [0.4, 0.5) is 22.7 Å². The van der Waals surface area contributed by atoms with Crippen molar-refractivity contribution in [2.45, 2.75) is 38.1 Å². The first-order chi connectivity index (χ1) is 25.3. The number of aromatic nitrogens is 1. The molecule has 2 fully saturated rings. The zero-order chi connectivity index (χ0) is 36.0. The van der Waals surface area contributed by atoms with Crippen molar-refractivity contribution in [1.82, 2.24) is 9.47 Å². The van der Waals surface area contributed by atoms with Gasteiger partial charge in [-0.2, -0.15) is 0 Å². The van der Waals surface area contributed by atoms with E-state index in [9.17, 15) is 14.4 Å². The summed E-state index contributed by atoms with van der Waals surface area (Å²) in [7, 11) is 3.47. The molecule has 0 unspecified atom stereocenters. The Morgan fingerprint density at radius 1 is 0.904 bits per heavy atom. The first kappa shape index (κ1) is 34.8. The van der Waals surface area contributed by atoms with E-state index in [0.717, 1.165) is 73.9 Å². The van der Waals surface area contributed by atoms with Crippen molar-refractivity contribution in [3.63, 3.8) is 0 Å². The van der Waals surface area contributed by atoms with Gasteiger partial charge in [-0.05, 0) is 78.9 Å². The van der Waals surface area contributed by atoms with Gasteiger partial charge in [0.1, 0.15) is 0 Å². The Labute approximate surface area is 303 Å². The molecule has 12 nitrogen and oxygen atoms in total. The number of ether oxygens (including phenoxy) is 3. The van der Waals surface area contributed by atoms with Crippen LogP contribution >= 0.6 is 0 Å². The molecule has 0 spiro atoms. The first-order valence-electron chi connectivity index (χ1n) is 17.8. The molecule has 7 rings (SSSR count). The fraction of sp³-hybridized carbons (Fsp3) is 0.350. The summed E-state index contributed by atoms with van der Waals surface area (Å²) in [5.41, 5.74) is 6.51. The third-order valence-electron chi connectivity index (χ3n) is 9.74. The molecule has 52 heavy (non-hydrogen) atoms. The second-order valence-electron chi connectivity index (χ2n) is 13.3. The lowest BCUT2D eigenvalue weighted by atomic mass is 10.1. The Morgan fingerprint density at radius 3 is 2.38 bits per heavy atom. The number of nitrogens with zero attached hydrogens (tertiary/aromatic N) is 4. The van der Waals surface area contributed by atoms with Crippen molar-refractivity contribution in [3.05, 3.63) is 84.2 Å². The van der Waals surface area contributed by atoms with Gasteiger partial charge in [-0.3, -0.25) is 19.4 Å². The first-order valence-corrected chi connectivity index (χ1v) is 17.8. The number of benzene rings is 3. The highest BCUT2D eigenvalue weighted by molar-refractivity contribution is 6.03. The zero-order valence-corrected chi connectivity index (χ0v) is 29.6. The zero-order valence-electron chi connectivity index (χ0n) is 29.6. The molecule has 0 bridgehead atoms. The molecule has 3 aromatic carbocycles. The van der Waals surface area contributed by atoms with Crippen LogP contribution in [0, 0.1) is 0 Å². The molecule has 12 heteroatoms. The number of hydrogen-bond donors (Lipinski definition) is 2. The Morgan fingerprint density at radius 2 is 1.63 bits per heavy atom. The van der Waals surface area contributed by atoms with Gasteiger partial charge >= 0.3 is 0 Å². The fourth-order valence-electron chi connectivity index (χ4n) is 6.90. The van der Waals surface area contributed by atoms with Gasteiger partial charge in [0, 0.05) is 74.3 Å². The third kappa shape index (κ3) is 7.97. The summed E-state index contributed by atoms with van der Waals surface area (Å²) in [6, 6.07) is 21.1. The SMILES string of the molecule is COc1cc2c(cc1OCCCC(=O)Nc1ccc(-c3cc(CC(=O)Nc4ccc(N5CCOCC5)cc4)n(C)c3)cc1)N=C[C@@H]1CCCN1C2=O. The molecule has 3 aliphatic heterocycles. The van der Waals surface area contributed by atoms with E-state index in [2.05, 4.69) is 20.5 Å². The molecule has 3 aliphatic rings. The van der Waals surface area contributed by atoms with E-state index in [-0.39, 0.29) is 36.6 Å². The lowest BCUT2D eigenvalue weighted by Crippen LogP contribution is -2.36. The minimum absolute atomic E-state index is 0.0253. The summed E-state index contributed by atoms with van der Waals surface area (Å²) in [6.07, 6.45) is 6.73. The van der Waals surface area contributed by atoms with Crippen molar-refractivity contribution in [1.29, 1.82) is 0 Å². The topological polar surface area (TPSA) is 127 Å². The van der Waals surface area contributed by atoms with E-state index < -0.39 is 0 Å². The number of methoxy groups -OCH3 is 1. The molecular formula is C40H44N6O6. The van der Waals surface area contributed by atoms with Crippen molar-refractivity contribution >= 4 is 46.7 Å². The van der Waals surface area contributed by atoms with Gasteiger partial charge in [0.15, 0.2) is 11.5 Å². The summed E-state index contributed by atoms with van der Waals surface area (Å²) in [4.78, 5) is 47.4. The number of hydrogen-bond acceptors (Lipinski definition) is 8. The second kappa shape index (κ2) is 15.7. The van der Waals surface area contributed by atoms with Gasteiger partial charge in [0.05, 0.1) is 50.6 Å². The maximum atomic E-state index is 13.1. The Bertz CT molecular complexity index is 1950. The van der Waals surface area contributed by atoms with E-state index in [1.54, 1.807) is 19.2 Å². The molecule has 2 saturated heterocycles. The van der Waals surface area contributed by atoms with Gasteiger partial charge in [-0.1, -0.05) is 12.1 Å². The van der Waals surface area contributed by atoms with Gasteiger partial charge in [0.25, 0.3) is 5.91 Å². The van der Waals surface area contributed by atoms with Crippen LogP contribution in [-0.4, -0.2) is 86.0 Å². The Balaban J connectivity index is 0.875. The van der Waals surface area contributed by atoms with E-state index in [4.69, 9.17) is 14.2 Å². The van der Waals surface area contributed by atoms with E-state index in [1.807, 2.05) is 83.5 Å². The van der Waals surface area contributed by atoms with Crippen LogP contribution in [0.1, 0.15) is 41.7 Å². The number of anilines is 3. The molecule has 1 aromatic heterocycles. The molecule has 270 valence electrons. The van der Waals surface area contributed by atoms with Crippen LogP contribution in [-0.2, 0) is 27.8 Å². The molecule has 0 aliphatic carbocycles. The van der Waals surface area contributed by atoms with Gasteiger partial charge in [0.2, 0.25) is 11.8 Å². The predicted molar refractivity (Wildman–Crippen MR) is 201 cm³/mol. The number of fused-ring (bicyclic) bond motifs is 2. The van der Waals surface area contributed by atoms with Crippen LogP contribution < -0.4 is 25.0 Å². The highest BCUT2D eigenvalue weighted by Gasteiger charge is 2.32. The molecular weight excluding hydrogens is 660 g/mol. The highest BCUT2D eigenvalue weighted by Crippen LogP contribution is 2.38. The Hall–Kier alpha value is -5.62. The molecule has 4 aromatic rings. The number of carbonyl (C=O) groups is 3. The monoisotopic (exact) mass is 704 g/mol. The number of aryl methyl sites for hydroxylation is 1. The van der Waals surface area contributed by atoms with Crippen molar-refractivity contribution in [2.75, 3.05) is 62.1 Å². The quantitative estimate of drug-likeness (QED) is 0.178. The summed E-state index contributed by atoms with van der Waals surface area (Å²) in [5, 5.41) is 5.96. The van der Waals surface area contributed by atoms with Crippen molar-refractivity contribution < 1.29 is 28.6 Å². The van der Waals surface area contributed by atoms with Crippen LogP contribution in [0.25, 0.3) is 11.1 Å². The van der Waals surface area contributed by atoms with Crippen LogP contribution in [0.3, 0.4) is 0 Å². The normalized spacial score (nSPS) is 16.6. The fourth-order valence-corrected chi connectivity index (χ4v) is 6.90. The average molecular weight is 705 g/mol. The van der Waals surface area contributed by atoms with Crippen LogP contribution in [0.5, 0.6) is 11.5 Å². The van der Waals surface area contributed by atoms with Crippen molar-refractivity contribution in [3.8, 4) is 22.6 Å². The lowest BCUT2D eigenvalue weighted by molar-refractivity contribution is -0.116. The number of rotatable bonds is 12. The highest BCUT2D eigenvalue weighted by atomic mass is 16.5. The van der Waals surface area contributed by atoms with Gasteiger partial charge in [-0.25, -0.2) is 0 Å². The van der Waals surface area contributed by atoms with Gasteiger partial charge < -0.3 is 39.2 Å². The molecule has 4 heterocycles. The van der Waals surface area contributed by atoms with E-state index >= 15 is 0 Å². The second-order valence-corrected chi connectivity index (χ2v) is 13.3. The number of carbonyl (C=O) groups excluding carboxylic acids is 3. The minimum Gasteiger partial charge on any atom is -0.493 e. The molecule has 2 N–H and O–H groups in total. The summed E-state index contributed by atoms with van der Waals surface area (Å²) in [6.45, 7) is 4.21. The van der Waals surface area contributed by atoms with Crippen LogP contribution in [0.2, 0.25) is 0 Å². The number of nitrogens with one attached hydrogen (secondary N) is 2. The predicted octanol–water partition coefficient (Wildman–Crippen LogP) is 5.84. The number of amides is 3. The number of morpholine rings is 1. The average Bonchev–Trinajstić information content (AvgIpc) is 3.76. The lowest BCUT2D eigenvalue weighted by Gasteiger charge is -2.28. The molecule has 3 amide bonds. The smallest absolute Gasteiger partial charge is 0.256 e. The van der Waals surface area contributed by atoms with E-state index in [0.29, 0.717) is 41.5 Å². The molecule has 1 atom stereocenters. The standard InChI is InChI=1S/C40H44N6O6/c1-44-26-28(21-33(44)22-39(48)43-30-11-13-31(14-12-30)45-16-19-51-20-17-45)27-7-9-29(10-8-27)42-38(47)6-4-18-52-37-24-35-34(23-36(37)50-2)40(49)46-15-3-5-32(46)25-41-35/h7-14,21,23-26,32H,3-6,15-20,22H2,1-2H3,(H,42,47)(H,43,48)/t32-/m0/s1. The summed E-state index contributed by atoms with van der Waals surface area (Å²) >= 11 is 0. The maximum Gasteiger partial charge on any atom is 0.256 e. The summed E-state index contributed by atoms with van der Waals surface area (Å²) < 4.78 is 18.9. The minimum atomic E-state index is -0.121. The number of aliphatic imine (C=N–C) groups is 1. The molecule has 0 saturated carbocycles. The van der Waals surface area contributed by atoms with Gasteiger partial charge in [-0.15, -0.1) is 0 Å². The summed E-state index contributed by atoms with van der Waals surface area (Å²) in [5.74, 6) is 0.704. The largest absolute Gasteiger partial charge is 0.493 e. The molecule has 0 radical (unpaired) electrons. The van der Waals surface area contributed by atoms with Crippen LogP contribution in [0.15, 0.2) is 77.9 Å². The Kier molecular flexibility index (Phi) is 10.5. The van der Waals surface area contributed by atoms with Crippen molar-refractivity contribution in [2.24, 2.45) is 12.0 Å².